The van der Waals surface area contributed by atoms with E-state index in [-0.39, 0.29) is 0 Å². The summed E-state index contributed by atoms with van der Waals surface area (Å²) in [6.07, 6.45) is 1.80. The van der Waals surface area contributed by atoms with Crippen molar-refractivity contribution in [2.24, 2.45) is 0 Å². The molecule has 0 bridgehead atoms. The molecular formula is C16H20N4. The van der Waals surface area contributed by atoms with E-state index < -0.39 is 0 Å². The summed E-state index contributed by atoms with van der Waals surface area (Å²) < 4.78 is 0. The van der Waals surface area contributed by atoms with E-state index in [1.54, 1.807) is 6.20 Å². The van der Waals surface area contributed by atoms with Gasteiger partial charge >= 0.3 is 0 Å². The molecule has 0 aliphatic carbocycles. The molecule has 2 aromatic rings. The maximum atomic E-state index is 6.00. The maximum absolute atomic E-state index is 6.00. The minimum absolute atomic E-state index is 0.761. The molecule has 1 aliphatic rings. The number of hydrogen-bond acceptors (Lipinski definition) is 4. The second-order valence-electron chi connectivity index (χ2n) is 5.23. The fraction of sp³-hybridized carbons (Fsp3) is 0.312. The highest BCUT2D eigenvalue weighted by Gasteiger charge is 2.19. The summed E-state index contributed by atoms with van der Waals surface area (Å²) in [5.74, 6) is 0.913. The van der Waals surface area contributed by atoms with Crippen LogP contribution < -0.4 is 15.5 Å². The molecule has 1 aromatic heterocycles. The molecule has 0 amide bonds. The van der Waals surface area contributed by atoms with Crippen LogP contribution in [0.2, 0.25) is 0 Å². The Morgan fingerprint density at radius 2 is 1.75 bits per heavy atom. The third-order valence-electron chi connectivity index (χ3n) is 3.76. The summed E-state index contributed by atoms with van der Waals surface area (Å²) >= 11 is 0. The van der Waals surface area contributed by atoms with Gasteiger partial charge < -0.3 is 15.5 Å². The molecule has 3 rings (SSSR count). The lowest BCUT2D eigenvalue weighted by Crippen LogP contribution is -2.47. The summed E-state index contributed by atoms with van der Waals surface area (Å²) in [7, 11) is 0. The van der Waals surface area contributed by atoms with E-state index in [9.17, 15) is 0 Å². The van der Waals surface area contributed by atoms with Crippen molar-refractivity contribution in [3.05, 3.63) is 48.2 Å². The van der Waals surface area contributed by atoms with E-state index in [2.05, 4.69) is 46.0 Å². The van der Waals surface area contributed by atoms with Crippen LogP contribution in [0.3, 0.4) is 0 Å². The molecule has 0 atom stereocenters. The summed E-state index contributed by atoms with van der Waals surface area (Å²) in [6, 6.07) is 12.5. The third-order valence-corrected chi connectivity index (χ3v) is 3.76. The van der Waals surface area contributed by atoms with Crippen LogP contribution >= 0.6 is 0 Å². The van der Waals surface area contributed by atoms with E-state index in [1.807, 2.05) is 12.1 Å². The Morgan fingerprint density at radius 1 is 1.00 bits per heavy atom. The van der Waals surface area contributed by atoms with Gasteiger partial charge in [0.15, 0.2) is 5.82 Å². The lowest BCUT2D eigenvalue weighted by molar-refractivity contribution is 0.648. The molecule has 4 nitrogen and oxygen atoms in total. The highest BCUT2D eigenvalue weighted by atomic mass is 15.3. The van der Waals surface area contributed by atoms with Gasteiger partial charge in [0, 0.05) is 38.1 Å². The zero-order valence-corrected chi connectivity index (χ0v) is 11.8. The van der Waals surface area contributed by atoms with Crippen LogP contribution in [0, 0.1) is 6.92 Å². The normalized spacial score (nSPS) is 15.4. The van der Waals surface area contributed by atoms with Gasteiger partial charge in [0.25, 0.3) is 0 Å². The second-order valence-corrected chi connectivity index (χ2v) is 5.23. The number of anilines is 3. The zero-order chi connectivity index (χ0) is 13.9. The molecular weight excluding hydrogens is 248 g/mol. The van der Waals surface area contributed by atoms with Crippen molar-refractivity contribution >= 4 is 17.2 Å². The van der Waals surface area contributed by atoms with Gasteiger partial charge in [-0.25, -0.2) is 4.98 Å². The minimum Gasteiger partial charge on any atom is -0.396 e. The van der Waals surface area contributed by atoms with Gasteiger partial charge in [0.1, 0.15) is 0 Å². The van der Waals surface area contributed by atoms with Crippen LogP contribution in [-0.4, -0.2) is 31.2 Å². The van der Waals surface area contributed by atoms with Crippen molar-refractivity contribution in [3.63, 3.8) is 0 Å². The molecule has 1 aliphatic heterocycles. The lowest BCUT2D eigenvalue weighted by Gasteiger charge is -2.37. The largest absolute Gasteiger partial charge is 0.396 e. The van der Waals surface area contributed by atoms with Gasteiger partial charge in [0.05, 0.1) is 5.69 Å². The SMILES string of the molecule is Cc1cccc(N2CCN(c3ncccc3N)CC2)c1. The van der Waals surface area contributed by atoms with Crippen molar-refractivity contribution in [2.45, 2.75) is 6.92 Å². The summed E-state index contributed by atoms with van der Waals surface area (Å²) in [4.78, 5) is 9.08. The highest BCUT2D eigenvalue weighted by molar-refractivity contribution is 5.63. The topological polar surface area (TPSA) is 45.4 Å². The summed E-state index contributed by atoms with van der Waals surface area (Å²) in [6.45, 7) is 6.04. The second kappa shape index (κ2) is 5.41. The number of nitrogens with two attached hydrogens (primary N) is 1. The van der Waals surface area contributed by atoms with Crippen LogP contribution in [0.4, 0.5) is 17.2 Å². The Balaban J connectivity index is 1.70. The molecule has 0 unspecified atom stereocenters. The molecule has 2 N–H and O–H groups in total. The molecule has 4 heteroatoms. The zero-order valence-electron chi connectivity index (χ0n) is 11.8. The summed E-state index contributed by atoms with van der Waals surface area (Å²) in [5.41, 5.74) is 9.37. The molecule has 20 heavy (non-hydrogen) atoms. The Kier molecular flexibility index (Phi) is 3.46. The first-order chi connectivity index (χ1) is 9.74. The predicted octanol–water partition coefficient (Wildman–Crippen LogP) is 2.30. The lowest BCUT2D eigenvalue weighted by atomic mass is 10.2. The van der Waals surface area contributed by atoms with Crippen molar-refractivity contribution in [1.29, 1.82) is 0 Å². The molecule has 0 spiro atoms. The van der Waals surface area contributed by atoms with Gasteiger partial charge in [-0.2, -0.15) is 0 Å². The van der Waals surface area contributed by atoms with Crippen LogP contribution in [0.1, 0.15) is 5.56 Å². The number of aromatic nitrogens is 1. The fourth-order valence-corrected chi connectivity index (χ4v) is 2.67. The van der Waals surface area contributed by atoms with E-state index in [0.717, 1.165) is 37.7 Å². The quantitative estimate of drug-likeness (QED) is 0.907. The first-order valence-corrected chi connectivity index (χ1v) is 7.01. The van der Waals surface area contributed by atoms with E-state index in [1.165, 1.54) is 11.3 Å². The maximum Gasteiger partial charge on any atom is 0.151 e. The molecule has 1 aromatic carbocycles. The third kappa shape index (κ3) is 2.54. The van der Waals surface area contributed by atoms with Gasteiger partial charge in [0.2, 0.25) is 0 Å². The van der Waals surface area contributed by atoms with Crippen molar-refractivity contribution in [2.75, 3.05) is 41.7 Å². The standard InChI is InChI=1S/C16H20N4/c1-13-4-2-5-14(12-13)19-8-10-20(11-9-19)16-15(17)6-3-7-18-16/h2-7,12H,8-11,17H2,1H3. The number of pyridine rings is 1. The molecule has 1 fully saturated rings. The number of hydrogen-bond donors (Lipinski definition) is 1. The monoisotopic (exact) mass is 268 g/mol. The number of rotatable bonds is 2. The number of aryl methyl sites for hydroxylation is 1. The van der Waals surface area contributed by atoms with E-state index in [0.29, 0.717) is 0 Å². The molecule has 0 radical (unpaired) electrons. The smallest absolute Gasteiger partial charge is 0.151 e. The van der Waals surface area contributed by atoms with Gasteiger partial charge in [-0.05, 0) is 36.8 Å². The molecule has 0 saturated carbocycles. The first-order valence-electron chi connectivity index (χ1n) is 7.01. The van der Waals surface area contributed by atoms with Crippen LogP contribution in [0.15, 0.2) is 42.6 Å². The van der Waals surface area contributed by atoms with Gasteiger partial charge in [-0.15, -0.1) is 0 Å². The Bertz CT molecular complexity index is 589. The average Bonchev–Trinajstić information content (AvgIpc) is 2.48. The fourth-order valence-electron chi connectivity index (χ4n) is 2.67. The number of benzene rings is 1. The Labute approximate surface area is 119 Å². The summed E-state index contributed by atoms with van der Waals surface area (Å²) in [5, 5.41) is 0. The Morgan fingerprint density at radius 3 is 2.45 bits per heavy atom. The van der Waals surface area contributed by atoms with Crippen LogP contribution in [0.25, 0.3) is 0 Å². The van der Waals surface area contributed by atoms with Crippen LogP contribution in [0.5, 0.6) is 0 Å². The molecule has 1 saturated heterocycles. The molecule has 2 heterocycles. The predicted molar refractivity (Wildman–Crippen MR) is 84.3 cm³/mol. The van der Waals surface area contributed by atoms with Crippen molar-refractivity contribution in [1.82, 2.24) is 4.98 Å². The van der Waals surface area contributed by atoms with E-state index >= 15 is 0 Å². The number of nitrogens with zero attached hydrogens (tertiary/aromatic N) is 3. The van der Waals surface area contributed by atoms with Gasteiger partial charge in [-0.3, -0.25) is 0 Å². The van der Waals surface area contributed by atoms with Crippen LogP contribution in [-0.2, 0) is 0 Å². The van der Waals surface area contributed by atoms with Crippen molar-refractivity contribution in [3.8, 4) is 0 Å². The minimum atomic E-state index is 0.761. The average molecular weight is 268 g/mol. The van der Waals surface area contributed by atoms with Crippen molar-refractivity contribution < 1.29 is 0 Å². The number of nitrogen functional groups attached to an aromatic ring is 1. The van der Waals surface area contributed by atoms with E-state index in [4.69, 9.17) is 5.73 Å². The molecule has 104 valence electrons. The Hall–Kier alpha value is -2.23. The van der Waals surface area contributed by atoms with Gasteiger partial charge in [-0.1, -0.05) is 12.1 Å². The first kappa shape index (κ1) is 12.8. The number of piperazine rings is 1. The highest BCUT2D eigenvalue weighted by Crippen LogP contribution is 2.23.